The topological polar surface area (TPSA) is 55.4 Å². The molecule has 3 rings (SSSR count). The number of anilines is 1. The highest BCUT2D eigenvalue weighted by Crippen LogP contribution is 2.42. The van der Waals surface area contributed by atoms with Gasteiger partial charge in [-0.05, 0) is 29.8 Å². The highest BCUT2D eigenvalue weighted by molar-refractivity contribution is 8.00. The number of rotatable bonds is 2. The minimum atomic E-state index is -0.576. The summed E-state index contributed by atoms with van der Waals surface area (Å²) in [5.41, 5.74) is 1.47. The van der Waals surface area contributed by atoms with Gasteiger partial charge in [0.25, 0.3) is 5.91 Å². The van der Waals surface area contributed by atoms with Gasteiger partial charge in [0, 0.05) is 4.90 Å². The largest absolute Gasteiger partial charge is 0.497 e. The lowest BCUT2D eigenvalue weighted by atomic mass is 10.1. The van der Waals surface area contributed by atoms with Crippen LogP contribution in [0.5, 0.6) is 5.75 Å². The number of carbonyl (C=O) groups is 2. The summed E-state index contributed by atoms with van der Waals surface area (Å²) in [7, 11) is 1.59. The Kier molecular flexibility index (Phi) is 3.66. The van der Waals surface area contributed by atoms with Crippen molar-refractivity contribution in [1.82, 2.24) is 0 Å². The first kappa shape index (κ1) is 13.7. The van der Waals surface area contributed by atoms with Crippen LogP contribution in [0.1, 0.15) is 10.8 Å². The van der Waals surface area contributed by atoms with Crippen molar-refractivity contribution in [3.8, 4) is 5.75 Å². The van der Waals surface area contributed by atoms with Crippen LogP contribution in [-0.4, -0.2) is 18.8 Å². The Bertz CT molecular complexity index is 697. The number of carbonyl (C=O) groups excluding carboxylic acids is 2. The smallest absolute Gasteiger partial charge is 0.293 e. The SMILES string of the molecule is COc1ccc(C2Sc3ccccc3NC(=O)C2=O)cc1. The number of ether oxygens (including phenoxy) is 1. The van der Waals surface area contributed by atoms with Gasteiger partial charge in [-0.15, -0.1) is 11.8 Å². The van der Waals surface area contributed by atoms with Gasteiger partial charge in [-0.3, -0.25) is 9.59 Å². The Labute approximate surface area is 126 Å². The molecule has 21 heavy (non-hydrogen) atoms. The molecule has 1 aliphatic heterocycles. The molecular formula is C16H13NO3S. The lowest BCUT2D eigenvalue weighted by Gasteiger charge is -2.12. The van der Waals surface area contributed by atoms with Crippen LogP contribution < -0.4 is 10.1 Å². The highest BCUT2D eigenvalue weighted by atomic mass is 32.2. The summed E-state index contributed by atoms with van der Waals surface area (Å²) in [4.78, 5) is 25.2. The fraction of sp³-hybridized carbons (Fsp3) is 0.125. The lowest BCUT2D eigenvalue weighted by Crippen LogP contribution is -2.25. The number of Topliss-reactive ketones (excluding diaryl/α,β-unsaturated/α-hetero) is 1. The Morgan fingerprint density at radius 1 is 1.05 bits per heavy atom. The van der Waals surface area contributed by atoms with E-state index in [1.165, 1.54) is 11.8 Å². The average Bonchev–Trinajstić information content (AvgIpc) is 2.65. The maximum absolute atomic E-state index is 12.3. The molecule has 1 atom stereocenters. The van der Waals surface area contributed by atoms with Gasteiger partial charge in [0.2, 0.25) is 5.78 Å². The van der Waals surface area contributed by atoms with Crippen molar-refractivity contribution in [3.63, 3.8) is 0 Å². The minimum absolute atomic E-state index is 0.443. The third kappa shape index (κ3) is 2.64. The molecule has 0 radical (unpaired) electrons. The van der Waals surface area contributed by atoms with Crippen molar-refractivity contribution >= 4 is 29.1 Å². The zero-order valence-corrected chi connectivity index (χ0v) is 12.1. The summed E-state index contributed by atoms with van der Waals surface area (Å²) in [6.07, 6.45) is 0. The highest BCUT2D eigenvalue weighted by Gasteiger charge is 2.32. The predicted octanol–water partition coefficient (Wildman–Crippen LogP) is 3.05. The quantitative estimate of drug-likeness (QED) is 0.866. The van der Waals surface area contributed by atoms with Crippen LogP contribution in [0.3, 0.4) is 0 Å². The number of fused-ring (bicyclic) bond motifs is 1. The molecular weight excluding hydrogens is 286 g/mol. The van der Waals surface area contributed by atoms with Gasteiger partial charge >= 0.3 is 0 Å². The van der Waals surface area contributed by atoms with Crippen molar-refractivity contribution in [1.29, 1.82) is 0 Å². The van der Waals surface area contributed by atoms with E-state index in [0.29, 0.717) is 5.69 Å². The average molecular weight is 299 g/mol. The van der Waals surface area contributed by atoms with Gasteiger partial charge < -0.3 is 10.1 Å². The molecule has 106 valence electrons. The van der Waals surface area contributed by atoms with Crippen molar-refractivity contribution in [2.45, 2.75) is 10.1 Å². The summed E-state index contributed by atoms with van der Waals surface area (Å²) in [5, 5.41) is 2.12. The van der Waals surface area contributed by atoms with Crippen molar-refractivity contribution in [2.24, 2.45) is 0 Å². The number of nitrogens with one attached hydrogen (secondary N) is 1. The number of benzene rings is 2. The molecule has 2 aromatic rings. The van der Waals surface area contributed by atoms with E-state index in [1.807, 2.05) is 30.3 Å². The number of hydrogen-bond acceptors (Lipinski definition) is 4. The first-order chi connectivity index (χ1) is 10.2. The molecule has 0 aliphatic carbocycles. The summed E-state index contributed by atoms with van der Waals surface area (Å²) < 4.78 is 5.11. The Balaban J connectivity index is 2.00. The maximum Gasteiger partial charge on any atom is 0.293 e. The molecule has 0 bridgehead atoms. The summed E-state index contributed by atoms with van der Waals surface area (Å²) in [5.74, 6) is -0.302. The van der Waals surface area contributed by atoms with Gasteiger partial charge in [-0.1, -0.05) is 24.3 Å². The van der Waals surface area contributed by atoms with Crippen molar-refractivity contribution < 1.29 is 14.3 Å². The number of methoxy groups -OCH3 is 1. The molecule has 1 unspecified atom stereocenters. The standard InChI is InChI=1S/C16H13NO3S/c1-20-11-8-6-10(7-9-11)15-14(18)16(19)17-12-4-2-3-5-13(12)21-15/h2-9,15H,1H3,(H,17,19). The molecule has 1 heterocycles. The van der Waals surface area contributed by atoms with E-state index in [-0.39, 0.29) is 0 Å². The molecule has 0 spiro atoms. The fourth-order valence-corrected chi connectivity index (χ4v) is 3.32. The fourth-order valence-electron chi connectivity index (χ4n) is 2.15. The van der Waals surface area contributed by atoms with Gasteiger partial charge in [0.1, 0.15) is 11.0 Å². The molecule has 2 aromatic carbocycles. The minimum Gasteiger partial charge on any atom is -0.497 e. The first-order valence-corrected chi connectivity index (χ1v) is 7.32. The zero-order valence-electron chi connectivity index (χ0n) is 11.3. The number of ketones is 1. The van der Waals surface area contributed by atoms with E-state index in [0.717, 1.165) is 16.2 Å². The second kappa shape index (κ2) is 5.61. The van der Waals surface area contributed by atoms with Crippen LogP contribution in [0.4, 0.5) is 5.69 Å². The lowest BCUT2D eigenvalue weighted by molar-refractivity contribution is -0.134. The molecule has 5 heteroatoms. The zero-order chi connectivity index (χ0) is 14.8. The number of thioether (sulfide) groups is 1. The van der Waals surface area contributed by atoms with Gasteiger partial charge in [0.05, 0.1) is 12.8 Å². The van der Waals surface area contributed by atoms with Crippen molar-refractivity contribution in [3.05, 3.63) is 54.1 Å². The number of para-hydroxylation sites is 1. The van der Waals surface area contributed by atoms with E-state index in [9.17, 15) is 9.59 Å². The second-order valence-corrected chi connectivity index (χ2v) is 5.73. The van der Waals surface area contributed by atoms with Crippen LogP contribution in [0.25, 0.3) is 0 Å². The van der Waals surface area contributed by atoms with Gasteiger partial charge in [-0.25, -0.2) is 0 Å². The Hall–Kier alpha value is -2.27. The molecule has 0 saturated heterocycles. The number of amides is 1. The third-order valence-electron chi connectivity index (χ3n) is 3.26. The van der Waals surface area contributed by atoms with Gasteiger partial charge in [-0.2, -0.15) is 0 Å². The summed E-state index contributed by atoms with van der Waals surface area (Å²) in [6, 6.07) is 14.6. The van der Waals surface area contributed by atoms with E-state index in [2.05, 4.69) is 5.32 Å². The van der Waals surface area contributed by atoms with E-state index in [4.69, 9.17) is 4.74 Å². The Morgan fingerprint density at radius 2 is 1.76 bits per heavy atom. The molecule has 0 saturated carbocycles. The van der Waals surface area contributed by atoms with Crippen LogP contribution in [0.2, 0.25) is 0 Å². The normalized spacial score (nSPS) is 17.7. The van der Waals surface area contributed by atoms with E-state index >= 15 is 0 Å². The van der Waals surface area contributed by atoms with Crippen LogP contribution in [0.15, 0.2) is 53.4 Å². The molecule has 0 fully saturated rings. The monoisotopic (exact) mass is 299 g/mol. The van der Waals surface area contributed by atoms with Crippen molar-refractivity contribution in [2.75, 3.05) is 12.4 Å². The van der Waals surface area contributed by atoms with Gasteiger partial charge in [0.15, 0.2) is 0 Å². The van der Waals surface area contributed by atoms with Crippen LogP contribution in [-0.2, 0) is 9.59 Å². The molecule has 1 amide bonds. The van der Waals surface area contributed by atoms with Crippen LogP contribution in [0, 0.1) is 0 Å². The molecule has 4 nitrogen and oxygen atoms in total. The number of hydrogen-bond donors (Lipinski definition) is 1. The third-order valence-corrected chi connectivity index (χ3v) is 4.59. The maximum atomic E-state index is 12.3. The molecule has 1 aliphatic rings. The molecule has 1 N–H and O–H groups in total. The Morgan fingerprint density at radius 3 is 2.48 bits per heavy atom. The molecule has 0 aromatic heterocycles. The summed E-state index contributed by atoms with van der Waals surface area (Å²) >= 11 is 1.38. The predicted molar refractivity (Wildman–Crippen MR) is 81.7 cm³/mol. The second-order valence-electron chi connectivity index (χ2n) is 4.59. The van der Waals surface area contributed by atoms with Crippen LogP contribution >= 0.6 is 11.8 Å². The first-order valence-electron chi connectivity index (χ1n) is 6.44. The summed E-state index contributed by atoms with van der Waals surface area (Å²) in [6.45, 7) is 0. The van der Waals surface area contributed by atoms with E-state index in [1.54, 1.807) is 25.3 Å². The van der Waals surface area contributed by atoms with E-state index < -0.39 is 16.9 Å².